The molecule has 1 fully saturated rings. The maximum atomic E-state index is 13.4. The molecule has 0 bridgehead atoms. The first-order valence-electron chi connectivity index (χ1n) is 5.02. The standard InChI is InChI=1S/C12H12FNO/c1-9(13)10-4-2-3-5-11(10)12(6-7-12)14-8-15/h2-5,9H,6-7H2,1H3. The van der Waals surface area contributed by atoms with E-state index in [1.807, 2.05) is 12.1 Å². The van der Waals surface area contributed by atoms with Crippen LogP contribution in [0.25, 0.3) is 0 Å². The van der Waals surface area contributed by atoms with Gasteiger partial charge in [-0.3, -0.25) is 0 Å². The molecule has 78 valence electrons. The van der Waals surface area contributed by atoms with Gasteiger partial charge >= 0.3 is 0 Å². The smallest absolute Gasteiger partial charge is 0.235 e. The van der Waals surface area contributed by atoms with Gasteiger partial charge in [0, 0.05) is 0 Å². The Morgan fingerprint density at radius 3 is 2.67 bits per heavy atom. The Bertz CT molecular complexity index is 417. The normalized spacial score (nSPS) is 19.1. The van der Waals surface area contributed by atoms with Crippen LogP contribution < -0.4 is 0 Å². The number of nitrogens with zero attached hydrogens (tertiary/aromatic N) is 1. The van der Waals surface area contributed by atoms with E-state index in [4.69, 9.17) is 0 Å². The first-order valence-corrected chi connectivity index (χ1v) is 5.02. The lowest BCUT2D eigenvalue weighted by Gasteiger charge is -2.14. The number of carbonyl (C=O) groups excluding carboxylic acids is 1. The van der Waals surface area contributed by atoms with Gasteiger partial charge in [0.1, 0.15) is 6.17 Å². The van der Waals surface area contributed by atoms with E-state index in [-0.39, 0.29) is 0 Å². The molecule has 0 aromatic heterocycles. The van der Waals surface area contributed by atoms with Gasteiger partial charge in [0.15, 0.2) is 0 Å². The summed E-state index contributed by atoms with van der Waals surface area (Å²) in [7, 11) is 0. The lowest BCUT2D eigenvalue weighted by atomic mass is 9.96. The van der Waals surface area contributed by atoms with Crippen LogP contribution in [0.4, 0.5) is 4.39 Å². The quantitative estimate of drug-likeness (QED) is 0.551. The van der Waals surface area contributed by atoms with Crippen LogP contribution in [0.2, 0.25) is 0 Å². The Labute approximate surface area is 87.8 Å². The van der Waals surface area contributed by atoms with Gasteiger partial charge in [0.2, 0.25) is 6.08 Å². The predicted octanol–water partition coefficient (Wildman–Crippen LogP) is 3.04. The molecule has 1 saturated carbocycles. The van der Waals surface area contributed by atoms with Crippen molar-refractivity contribution < 1.29 is 9.18 Å². The molecule has 15 heavy (non-hydrogen) atoms. The van der Waals surface area contributed by atoms with E-state index in [1.54, 1.807) is 18.2 Å². The van der Waals surface area contributed by atoms with Gasteiger partial charge in [-0.05, 0) is 30.9 Å². The third-order valence-electron chi connectivity index (χ3n) is 2.87. The van der Waals surface area contributed by atoms with E-state index >= 15 is 0 Å². The van der Waals surface area contributed by atoms with Crippen molar-refractivity contribution in [1.29, 1.82) is 0 Å². The molecular formula is C12H12FNO. The molecule has 1 aliphatic rings. The topological polar surface area (TPSA) is 29.4 Å². The van der Waals surface area contributed by atoms with E-state index in [2.05, 4.69) is 4.99 Å². The van der Waals surface area contributed by atoms with Gasteiger partial charge in [-0.1, -0.05) is 24.3 Å². The second-order valence-electron chi connectivity index (χ2n) is 3.94. The molecule has 0 saturated heterocycles. The predicted molar refractivity (Wildman–Crippen MR) is 55.0 cm³/mol. The zero-order valence-electron chi connectivity index (χ0n) is 8.53. The van der Waals surface area contributed by atoms with Crippen molar-refractivity contribution in [2.75, 3.05) is 0 Å². The van der Waals surface area contributed by atoms with E-state index in [0.717, 1.165) is 18.4 Å². The highest BCUT2D eigenvalue weighted by molar-refractivity contribution is 5.44. The highest BCUT2D eigenvalue weighted by atomic mass is 19.1. The number of aliphatic imine (C=N–C) groups is 1. The van der Waals surface area contributed by atoms with Crippen LogP contribution in [-0.4, -0.2) is 6.08 Å². The fourth-order valence-electron chi connectivity index (χ4n) is 1.91. The van der Waals surface area contributed by atoms with Gasteiger partial charge in [0.25, 0.3) is 0 Å². The maximum absolute atomic E-state index is 13.4. The third kappa shape index (κ3) is 1.71. The maximum Gasteiger partial charge on any atom is 0.235 e. The molecule has 2 rings (SSSR count). The Kier molecular flexibility index (Phi) is 2.41. The lowest BCUT2D eigenvalue weighted by molar-refractivity contribution is 0.369. The first kappa shape index (κ1) is 10.1. The highest BCUT2D eigenvalue weighted by Gasteiger charge is 2.46. The summed E-state index contributed by atoms with van der Waals surface area (Å²) in [6, 6.07) is 7.25. The molecule has 1 unspecified atom stereocenters. The Morgan fingerprint density at radius 1 is 1.47 bits per heavy atom. The summed E-state index contributed by atoms with van der Waals surface area (Å²) < 4.78 is 13.4. The van der Waals surface area contributed by atoms with Crippen LogP contribution in [0.3, 0.4) is 0 Å². The van der Waals surface area contributed by atoms with Crippen molar-refractivity contribution in [3.05, 3.63) is 35.4 Å². The van der Waals surface area contributed by atoms with Crippen LogP contribution in [0.15, 0.2) is 29.3 Å². The number of hydrogen-bond donors (Lipinski definition) is 0. The Balaban J connectivity index is 2.48. The van der Waals surface area contributed by atoms with E-state index < -0.39 is 11.7 Å². The number of benzene rings is 1. The molecule has 1 aromatic carbocycles. The average molecular weight is 205 g/mol. The number of halogens is 1. The molecule has 1 aromatic rings. The summed E-state index contributed by atoms with van der Waals surface area (Å²) in [5.41, 5.74) is 0.996. The number of rotatable bonds is 3. The number of hydrogen-bond acceptors (Lipinski definition) is 2. The molecule has 0 spiro atoms. The molecule has 2 nitrogen and oxygen atoms in total. The molecule has 0 heterocycles. The van der Waals surface area contributed by atoms with Crippen molar-refractivity contribution in [3.63, 3.8) is 0 Å². The minimum atomic E-state index is -1.03. The molecule has 1 aliphatic carbocycles. The van der Waals surface area contributed by atoms with Crippen molar-refractivity contribution in [2.45, 2.75) is 31.5 Å². The van der Waals surface area contributed by atoms with Crippen LogP contribution in [-0.2, 0) is 10.3 Å². The van der Waals surface area contributed by atoms with Gasteiger partial charge in [-0.2, -0.15) is 4.99 Å². The van der Waals surface area contributed by atoms with Crippen LogP contribution in [0, 0.1) is 0 Å². The molecule has 3 heteroatoms. The zero-order chi connectivity index (χ0) is 10.9. The minimum Gasteiger partial charge on any atom is -0.243 e. The summed E-state index contributed by atoms with van der Waals surface area (Å²) in [6.07, 6.45) is 2.18. The monoisotopic (exact) mass is 205 g/mol. The van der Waals surface area contributed by atoms with Gasteiger partial charge in [-0.25, -0.2) is 9.18 Å². The number of isocyanates is 1. The van der Waals surface area contributed by atoms with Gasteiger partial charge in [0.05, 0.1) is 5.54 Å². The highest BCUT2D eigenvalue weighted by Crippen LogP contribution is 2.51. The van der Waals surface area contributed by atoms with Crippen molar-refractivity contribution in [2.24, 2.45) is 4.99 Å². The van der Waals surface area contributed by atoms with E-state index in [9.17, 15) is 9.18 Å². The molecule has 0 radical (unpaired) electrons. The van der Waals surface area contributed by atoms with E-state index in [0.29, 0.717) is 5.56 Å². The fourth-order valence-corrected chi connectivity index (χ4v) is 1.91. The Hall–Kier alpha value is -1.47. The molecule has 0 N–H and O–H groups in total. The summed E-state index contributed by atoms with van der Waals surface area (Å²) in [6.45, 7) is 1.50. The van der Waals surface area contributed by atoms with Crippen LogP contribution in [0.1, 0.15) is 37.1 Å². The summed E-state index contributed by atoms with van der Waals surface area (Å²) in [5.74, 6) is 0. The Morgan fingerprint density at radius 2 is 2.13 bits per heavy atom. The largest absolute Gasteiger partial charge is 0.243 e. The SMILES string of the molecule is CC(F)c1ccccc1C1(N=C=O)CC1. The zero-order valence-corrected chi connectivity index (χ0v) is 8.53. The van der Waals surface area contributed by atoms with Gasteiger partial charge < -0.3 is 0 Å². The summed E-state index contributed by atoms with van der Waals surface area (Å²) >= 11 is 0. The second-order valence-corrected chi connectivity index (χ2v) is 3.94. The molecule has 0 aliphatic heterocycles. The fraction of sp³-hybridized carbons (Fsp3) is 0.417. The third-order valence-corrected chi connectivity index (χ3v) is 2.87. The first-order chi connectivity index (χ1) is 7.19. The molecule has 1 atom stereocenters. The average Bonchev–Trinajstić information content (AvgIpc) is 2.99. The second kappa shape index (κ2) is 3.59. The van der Waals surface area contributed by atoms with Crippen LogP contribution >= 0.6 is 0 Å². The molecule has 0 amide bonds. The van der Waals surface area contributed by atoms with Crippen molar-refractivity contribution in [1.82, 2.24) is 0 Å². The van der Waals surface area contributed by atoms with Crippen molar-refractivity contribution in [3.8, 4) is 0 Å². The van der Waals surface area contributed by atoms with Gasteiger partial charge in [-0.15, -0.1) is 0 Å². The lowest BCUT2D eigenvalue weighted by Crippen LogP contribution is -2.07. The van der Waals surface area contributed by atoms with Crippen molar-refractivity contribution >= 4 is 6.08 Å². The molecular weight excluding hydrogens is 193 g/mol. The van der Waals surface area contributed by atoms with Crippen LogP contribution in [0.5, 0.6) is 0 Å². The minimum absolute atomic E-state index is 0.474. The summed E-state index contributed by atoms with van der Waals surface area (Å²) in [4.78, 5) is 14.1. The number of alkyl halides is 1. The van der Waals surface area contributed by atoms with E-state index in [1.165, 1.54) is 6.92 Å². The summed E-state index contributed by atoms with van der Waals surface area (Å²) in [5, 5.41) is 0.